The van der Waals surface area contributed by atoms with Gasteiger partial charge in [-0.1, -0.05) is 41.9 Å². The molecule has 0 aliphatic carbocycles. The Morgan fingerprint density at radius 3 is 2.12 bits per heavy atom. The summed E-state index contributed by atoms with van der Waals surface area (Å²) in [5.74, 6) is 0.455. The summed E-state index contributed by atoms with van der Waals surface area (Å²) in [6.45, 7) is 0.473. The van der Waals surface area contributed by atoms with Crippen molar-refractivity contribution in [2.45, 2.75) is 13.0 Å². The summed E-state index contributed by atoms with van der Waals surface area (Å²) in [7, 11) is -0.477. The SMILES string of the molecule is COc1ccc(CCNC(=O)c2ccccc2NC(=O)c2ccc(N(Cc3ccc(Cl)cc3)S(C)(=O)=O)cc2)cc1OC. The molecule has 0 saturated heterocycles. The number of carbonyl (C=O) groups excluding carboxylic acids is 2. The molecule has 224 valence electrons. The summed E-state index contributed by atoms with van der Waals surface area (Å²) in [5.41, 5.74) is 3.09. The van der Waals surface area contributed by atoms with Gasteiger partial charge in [0.05, 0.1) is 44.0 Å². The van der Waals surface area contributed by atoms with Gasteiger partial charge in [0, 0.05) is 17.1 Å². The van der Waals surface area contributed by atoms with E-state index in [0.29, 0.717) is 52.0 Å². The largest absolute Gasteiger partial charge is 0.493 e. The fraction of sp³-hybridized carbons (Fsp3) is 0.188. The lowest BCUT2D eigenvalue weighted by Gasteiger charge is -2.23. The Kier molecular flexibility index (Phi) is 10.3. The van der Waals surface area contributed by atoms with Gasteiger partial charge in [-0.15, -0.1) is 0 Å². The Bertz CT molecular complexity index is 1690. The number of sulfonamides is 1. The third-order valence-electron chi connectivity index (χ3n) is 6.62. The molecular weight excluding hydrogens is 590 g/mol. The molecule has 0 aliphatic rings. The van der Waals surface area contributed by atoms with E-state index in [1.807, 2.05) is 18.2 Å². The number of hydrogen-bond acceptors (Lipinski definition) is 6. The van der Waals surface area contributed by atoms with E-state index < -0.39 is 15.9 Å². The van der Waals surface area contributed by atoms with E-state index in [1.54, 1.807) is 74.9 Å². The van der Waals surface area contributed by atoms with Crippen LogP contribution in [0.25, 0.3) is 0 Å². The molecule has 0 unspecified atom stereocenters. The predicted molar refractivity (Wildman–Crippen MR) is 169 cm³/mol. The molecule has 0 heterocycles. The van der Waals surface area contributed by atoms with Gasteiger partial charge in [-0.2, -0.15) is 0 Å². The first-order chi connectivity index (χ1) is 20.6. The second kappa shape index (κ2) is 14.1. The number of para-hydroxylation sites is 1. The molecule has 4 aromatic carbocycles. The van der Waals surface area contributed by atoms with Gasteiger partial charge in [-0.05, 0) is 78.2 Å². The number of benzene rings is 4. The molecule has 0 aromatic heterocycles. The van der Waals surface area contributed by atoms with Crippen LogP contribution in [0.1, 0.15) is 31.8 Å². The lowest BCUT2D eigenvalue weighted by molar-refractivity contribution is 0.0955. The van der Waals surface area contributed by atoms with Gasteiger partial charge in [0.2, 0.25) is 10.0 Å². The highest BCUT2D eigenvalue weighted by Gasteiger charge is 2.19. The average molecular weight is 622 g/mol. The number of amides is 2. The Labute approximate surface area is 256 Å². The van der Waals surface area contributed by atoms with Crippen molar-refractivity contribution in [1.29, 1.82) is 0 Å². The molecule has 43 heavy (non-hydrogen) atoms. The highest BCUT2D eigenvalue weighted by Crippen LogP contribution is 2.28. The summed E-state index contributed by atoms with van der Waals surface area (Å²) < 4.78 is 36.9. The number of hydrogen-bond donors (Lipinski definition) is 2. The number of carbonyl (C=O) groups is 2. The number of halogens is 1. The van der Waals surface area contributed by atoms with Crippen LogP contribution < -0.4 is 24.4 Å². The normalized spacial score (nSPS) is 11.0. The van der Waals surface area contributed by atoms with Crippen LogP contribution in [0.15, 0.2) is 91.0 Å². The minimum Gasteiger partial charge on any atom is -0.493 e. The van der Waals surface area contributed by atoms with Gasteiger partial charge >= 0.3 is 0 Å². The standard InChI is InChI=1S/C32H32ClN3O6S/c1-41-29-17-10-22(20-30(29)42-2)18-19-34-32(38)27-6-4-5-7-28(27)35-31(37)24-11-15-26(16-12-24)36(43(3,39)40)21-23-8-13-25(33)14-9-23/h4-17,20H,18-19,21H2,1-3H3,(H,34,38)(H,35,37). The zero-order valence-corrected chi connectivity index (χ0v) is 25.5. The maximum atomic E-state index is 13.1. The molecule has 0 saturated carbocycles. The second-order valence-corrected chi connectivity index (χ2v) is 12.0. The molecule has 4 aromatic rings. The molecule has 2 N–H and O–H groups in total. The fourth-order valence-corrected chi connectivity index (χ4v) is 5.39. The predicted octanol–water partition coefficient (Wildman–Crippen LogP) is 5.55. The van der Waals surface area contributed by atoms with Crippen molar-refractivity contribution >= 4 is 44.8 Å². The summed E-state index contributed by atoms with van der Waals surface area (Å²) in [6.07, 6.45) is 1.69. The third-order valence-corrected chi connectivity index (χ3v) is 8.02. The Morgan fingerprint density at radius 1 is 0.814 bits per heavy atom. The van der Waals surface area contributed by atoms with Crippen LogP contribution in [0.5, 0.6) is 11.5 Å². The summed E-state index contributed by atoms with van der Waals surface area (Å²) in [4.78, 5) is 26.1. The fourth-order valence-electron chi connectivity index (χ4n) is 4.37. The van der Waals surface area contributed by atoms with Crippen LogP contribution in [0.2, 0.25) is 5.02 Å². The van der Waals surface area contributed by atoms with E-state index in [2.05, 4.69) is 10.6 Å². The van der Waals surface area contributed by atoms with Crippen LogP contribution in [-0.4, -0.2) is 47.3 Å². The Morgan fingerprint density at radius 2 is 1.47 bits per heavy atom. The number of methoxy groups -OCH3 is 2. The van der Waals surface area contributed by atoms with E-state index in [4.69, 9.17) is 21.1 Å². The summed E-state index contributed by atoms with van der Waals surface area (Å²) >= 11 is 5.95. The molecule has 0 fully saturated rings. The van der Waals surface area contributed by atoms with Crippen LogP contribution in [0.4, 0.5) is 11.4 Å². The van der Waals surface area contributed by atoms with Gasteiger partial charge in [-0.3, -0.25) is 13.9 Å². The molecule has 0 aliphatic heterocycles. The molecular formula is C32H32ClN3O6S. The minimum absolute atomic E-state index is 0.107. The summed E-state index contributed by atoms with van der Waals surface area (Å²) in [6, 6.07) is 25.4. The summed E-state index contributed by atoms with van der Waals surface area (Å²) in [5, 5.41) is 6.24. The monoisotopic (exact) mass is 621 g/mol. The topological polar surface area (TPSA) is 114 Å². The van der Waals surface area contributed by atoms with E-state index in [0.717, 1.165) is 17.4 Å². The third kappa shape index (κ3) is 8.27. The smallest absolute Gasteiger partial charge is 0.255 e. The van der Waals surface area contributed by atoms with E-state index in [9.17, 15) is 18.0 Å². The highest BCUT2D eigenvalue weighted by atomic mass is 35.5. The van der Waals surface area contributed by atoms with Crippen molar-refractivity contribution in [3.05, 3.63) is 118 Å². The average Bonchev–Trinajstić information content (AvgIpc) is 3.00. The highest BCUT2D eigenvalue weighted by molar-refractivity contribution is 7.92. The lowest BCUT2D eigenvalue weighted by Crippen LogP contribution is -2.29. The van der Waals surface area contributed by atoms with Crippen molar-refractivity contribution in [1.82, 2.24) is 5.32 Å². The van der Waals surface area contributed by atoms with Crippen molar-refractivity contribution < 1.29 is 27.5 Å². The van der Waals surface area contributed by atoms with E-state index >= 15 is 0 Å². The second-order valence-electron chi connectivity index (χ2n) is 9.64. The first kappa shape index (κ1) is 31.4. The first-order valence-electron chi connectivity index (χ1n) is 13.3. The minimum atomic E-state index is -3.61. The molecule has 4 rings (SSSR count). The quantitative estimate of drug-likeness (QED) is 0.214. The maximum absolute atomic E-state index is 13.1. The van der Waals surface area contributed by atoms with Gasteiger partial charge in [0.15, 0.2) is 11.5 Å². The van der Waals surface area contributed by atoms with Crippen molar-refractivity contribution in [2.24, 2.45) is 0 Å². The molecule has 0 bridgehead atoms. The van der Waals surface area contributed by atoms with Gasteiger partial charge < -0.3 is 20.1 Å². The van der Waals surface area contributed by atoms with Crippen molar-refractivity contribution in [3.63, 3.8) is 0 Å². The molecule has 0 radical (unpaired) electrons. The number of nitrogens with zero attached hydrogens (tertiary/aromatic N) is 1. The maximum Gasteiger partial charge on any atom is 0.255 e. The number of anilines is 2. The number of ether oxygens (including phenoxy) is 2. The molecule has 0 atom stereocenters. The van der Waals surface area contributed by atoms with Gasteiger partial charge in [-0.25, -0.2) is 8.42 Å². The van der Waals surface area contributed by atoms with Crippen LogP contribution >= 0.6 is 11.6 Å². The Hall–Kier alpha value is -4.54. The van der Waals surface area contributed by atoms with Gasteiger partial charge in [0.1, 0.15) is 0 Å². The zero-order chi connectivity index (χ0) is 31.0. The molecule has 11 heteroatoms. The van der Waals surface area contributed by atoms with E-state index in [1.165, 1.54) is 16.4 Å². The molecule has 2 amide bonds. The Balaban J connectivity index is 1.41. The molecule has 0 spiro atoms. The van der Waals surface area contributed by atoms with Crippen molar-refractivity contribution in [2.75, 3.05) is 36.6 Å². The van der Waals surface area contributed by atoms with Crippen LogP contribution in [0, 0.1) is 0 Å². The van der Waals surface area contributed by atoms with Gasteiger partial charge in [0.25, 0.3) is 11.8 Å². The lowest BCUT2D eigenvalue weighted by atomic mass is 10.1. The van der Waals surface area contributed by atoms with Crippen LogP contribution in [0.3, 0.4) is 0 Å². The van der Waals surface area contributed by atoms with E-state index in [-0.39, 0.29) is 12.5 Å². The number of nitrogens with one attached hydrogen (secondary N) is 2. The van der Waals surface area contributed by atoms with Crippen LogP contribution in [-0.2, 0) is 23.0 Å². The van der Waals surface area contributed by atoms with Crippen molar-refractivity contribution in [3.8, 4) is 11.5 Å². The first-order valence-corrected chi connectivity index (χ1v) is 15.5. The number of rotatable bonds is 12. The zero-order valence-electron chi connectivity index (χ0n) is 24.0. The molecule has 9 nitrogen and oxygen atoms in total.